The van der Waals surface area contributed by atoms with Crippen LogP contribution < -0.4 is 27.1 Å². The van der Waals surface area contributed by atoms with Crippen LogP contribution in [0.5, 0.6) is 34.5 Å². The summed E-state index contributed by atoms with van der Waals surface area (Å²) in [6.45, 7) is 46.1. The normalized spacial score (nSPS) is 13.2. The van der Waals surface area contributed by atoms with E-state index in [4.69, 9.17) is 40.7 Å². The first kappa shape index (κ1) is 120. The predicted molar refractivity (Wildman–Crippen MR) is 595 cm³/mol. The third kappa shape index (κ3) is 50.0. The molecule has 0 N–H and O–H groups in total. The van der Waals surface area contributed by atoms with E-state index in [9.17, 15) is 0 Å². The molecule has 0 fully saturated rings. The third-order valence-corrected chi connectivity index (χ3v) is 31.3. The van der Waals surface area contributed by atoms with Gasteiger partial charge in [-0.15, -0.1) is 0 Å². The van der Waals surface area contributed by atoms with Crippen LogP contribution in [0.25, 0.3) is 0 Å². The van der Waals surface area contributed by atoms with E-state index in [0.717, 1.165) is 135 Å². The van der Waals surface area contributed by atoms with Crippen molar-refractivity contribution in [3.8, 4) is 34.5 Å². The summed E-state index contributed by atoms with van der Waals surface area (Å²) < 4.78 is 64.9. The van der Waals surface area contributed by atoms with E-state index in [1.54, 1.807) is 0 Å². The molecule has 0 saturated heterocycles. The van der Waals surface area contributed by atoms with E-state index in [1.165, 1.54) is 358 Å². The highest BCUT2D eigenvalue weighted by molar-refractivity contribution is 7.43. The fraction of sp³-hybridized carbons (Fsp3) is 0.710. The highest BCUT2D eigenvalue weighted by Crippen LogP contribution is 2.54. The summed E-state index contributed by atoms with van der Waals surface area (Å²) >= 11 is 0. The van der Waals surface area contributed by atoms with E-state index in [0.29, 0.717) is 19.8 Å². The van der Waals surface area contributed by atoms with Crippen molar-refractivity contribution >= 4 is 25.8 Å². The lowest BCUT2D eigenvalue weighted by molar-refractivity contribution is 0.255. The molecule has 0 saturated carbocycles. The van der Waals surface area contributed by atoms with Gasteiger partial charge in [0.25, 0.3) is 0 Å². The summed E-state index contributed by atoms with van der Waals surface area (Å²) in [5.41, 5.74) is 13.5. The van der Waals surface area contributed by atoms with Crippen LogP contribution in [0.4, 0.5) is 0 Å². The van der Waals surface area contributed by atoms with Gasteiger partial charge in [0.15, 0.2) is 0 Å². The summed E-state index contributed by atoms with van der Waals surface area (Å²) in [5.74, 6) is 5.08. The fourth-order valence-electron chi connectivity index (χ4n) is 19.4. The van der Waals surface area contributed by atoms with Gasteiger partial charge < -0.3 is 27.1 Å². The molecule has 0 bridgehead atoms. The maximum Gasteiger partial charge on any atom is 0.463 e. The van der Waals surface area contributed by atoms with Crippen molar-refractivity contribution in [3.05, 3.63) is 176 Å². The highest BCUT2D eigenvalue weighted by atomic mass is 31.2. The van der Waals surface area contributed by atoms with Gasteiger partial charge in [-0.1, -0.05) is 511 Å². The summed E-state index contributed by atoms with van der Waals surface area (Å²) in [6.07, 6.45) is 76.6. The highest BCUT2D eigenvalue weighted by Gasteiger charge is 2.35. The quantitative estimate of drug-likeness (QED) is 0.0274. The molecule has 0 aromatic heterocycles. The molecule has 12 heteroatoms. The maximum atomic E-state index is 7.48. The minimum atomic E-state index is -1.87. The second-order valence-corrected chi connectivity index (χ2v) is 47.1. The summed E-state index contributed by atoms with van der Waals surface area (Å²) in [6, 6.07) is 40.5. The molecule has 136 heavy (non-hydrogen) atoms. The van der Waals surface area contributed by atoms with Crippen molar-refractivity contribution in [2.45, 2.75) is 551 Å². The Morgan fingerprint density at radius 2 is 0.419 bits per heavy atom. The minimum Gasteiger partial charge on any atom is -0.417 e. The van der Waals surface area contributed by atoms with E-state index in [2.05, 4.69) is 241 Å². The first-order valence-corrected chi connectivity index (χ1v) is 60.3. The molecule has 0 amide bonds. The van der Waals surface area contributed by atoms with Gasteiger partial charge in [-0.05, 0) is 194 Å². The molecule has 4 atom stereocenters. The average molecular weight is 1930 g/mol. The topological polar surface area (TPSA) is 83.1 Å². The molecule has 0 aliphatic carbocycles. The fourth-order valence-corrected chi connectivity index (χ4v) is 22.6. The first-order chi connectivity index (χ1) is 65.9. The van der Waals surface area contributed by atoms with Gasteiger partial charge >= 0.3 is 25.8 Å². The number of benzene rings is 6. The predicted octanol–water partition coefficient (Wildman–Crippen LogP) is 42.9. The Bertz CT molecular complexity index is 3830. The zero-order valence-electron chi connectivity index (χ0n) is 91.3. The Labute approximate surface area is 842 Å². The van der Waals surface area contributed by atoms with Crippen molar-refractivity contribution in [1.29, 1.82) is 0 Å². The number of unbranched alkanes of at least 4 members (excludes halogenated alkanes) is 51. The van der Waals surface area contributed by atoms with Crippen LogP contribution in [0.2, 0.25) is 0 Å². The van der Waals surface area contributed by atoms with Gasteiger partial charge in [-0.2, -0.15) is 0 Å². The van der Waals surface area contributed by atoms with Gasteiger partial charge in [-0.25, -0.2) is 0 Å². The molecule has 0 radical (unpaired) electrons. The van der Waals surface area contributed by atoms with Crippen LogP contribution in [0.1, 0.15) is 562 Å². The van der Waals surface area contributed by atoms with Gasteiger partial charge in [0.2, 0.25) is 0 Å². The molecule has 770 valence electrons. The molecule has 6 aromatic carbocycles. The molecule has 0 heterocycles. The molecule has 4 unspecified atom stereocenters. The number of hydrogen-bond donors (Lipinski definition) is 0. The molecule has 6 aromatic rings. The second-order valence-electron chi connectivity index (χ2n) is 43.9. The van der Waals surface area contributed by atoms with Crippen LogP contribution in [0, 0.1) is 20.8 Å². The van der Waals surface area contributed by atoms with E-state index < -0.39 is 25.8 Å². The molecular formula is C124H205O9P3. The largest absolute Gasteiger partial charge is 0.463 e. The SMILES string of the molecule is CCCCCCCCCCCCCCCOP(Oc1ccccc1CCCCCCCC)Oc1cc(C)c(C(C)CC(c2cc(C(C)(C)C)c(OP(OCCCCCCCCCCCCCCC)Oc3ccccc3CCCCCCCC)cc2C)c2cc(C(C)(C)C)c(OP(OCCCCCCCCCCCCCCC)Oc3ccccc3CCCCCCCC)cc2C)cc1C(C)(C)C. The van der Waals surface area contributed by atoms with Crippen LogP contribution in [-0.2, 0) is 49.1 Å². The number of para-hydroxylation sites is 3. The third-order valence-electron chi connectivity index (χ3n) is 28.1. The molecular weight excluding hydrogens is 1730 g/mol. The zero-order valence-corrected chi connectivity index (χ0v) is 94.0. The van der Waals surface area contributed by atoms with Gasteiger partial charge in [0.05, 0.1) is 19.8 Å². The smallest absolute Gasteiger partial charge is 0.417 e. The summed E-state index contributed by atoms with van der Waals surface area (Å²) in [7, 11) is -5.57. The van der Waals surface area contributed by atoms with Crippen molar-refractivity contribution < 1.29 is 40.7 Å². The van der Waals surface area contributed by atoms with E-state index >= 15 is 0 Å². The maximum absolute atomic E-state index is 7.48. The molecule has 9 nitrogen and oxygen atoms in total. The van der Waals surface area contributed by atoms with Crippen LogP contribution >= 0.6 is 25.8 Å². The van der Waals surface area contributed by atoms with Crippen molar-refractivity contribution in [3.63, 3.8) is 0 Å². The van der Waals surface area contributed by atoms with E-state index in [-0.39, 0.29) is 28.1 Å². The van der Waals surface area contributed by atoms with Crippen LogP contribution in [-0.4, -0.2) is 19.8 Å². The second kappa shape index (κ2) is 72.5. The Hall–Kier alpha value is -4.71. The number of rotatable bonds is 83. The van der Waals surface area contributed by atoms with E-state index in [1.807, 2.05) is 0 Å². The zero-order chi connectivity index (χ0) is 98.1. The van der Waals surface area contributed by atoms with Gasteiger partial charge in [-0.3, -0.25) is 13.6 Å². The Morgan fingerprint density at radius 3 is 0.647 bits per heavy atom. The van der Waals surface area contributed by atoms with Crippen molar-refractivity contribution in [2.24, 2.45) is 0 Å². The molecule has 0 aliphatic rings. The lowest BCUT2D eigenvalue weighted by atomic mass is 9.74. The summed E-state index contributed by atoms with van der Waals surface area (Å²) in [4.78, 5) is 0. The minimum absolute atomic E-state index is 0.0766. The molecule has 0 spiro atoms. The van der Waals surface area contributed by atoms with Crippen LogP contribution in [0.15, 0.2) is 109 Å². The van der Waals surface area contributed by atoms with Gasteiger partial charge in [0, 0.05) is 22.6 Å². The number of hydrogen-bond acceptors (Lipinski definition) is 9. The standard InChI is InChI=1S/C124H205O9P3/c1-20-26-32-38-44-47-50-53-56-59-62-68-80-92-125-134(128-116-89-77-74-86-106(116)83-71-65-41-35-29-23-4)131-119-96-103(8)109(99-113(119)122(11,12)13)102(7)95-112(110-100-114(123(14,15)16)120(97-104(110)9)132-135(126-93-81-69-63-60-57-54-51-48-45-39-33-27-21-2)129-117-90-78-75-87-107(117)84-72-66-42-36-30-24-5)111-101-115(124(17,18)19)121(98-105(111)10)133-136(127-94-82-70-64-61-58-55-52-49-46-40-34-28-22-3)130-118-91-79-76-88-108(118)85-73-67-43-37-31-25-6/h74-79,86-91,96-102,112H,20-73,80-85,92-95H2,1-19H3. The Morgan fingerprint density at radius 1 is 0.228 bits per heavy atom. The monoisotopic (exact) mass is 1930 g/mol. The Kier molecular flexibility index (Phi) is 64.0. The Balaban J connectivity index is 1.45. The molecule has 0 aliphatic heterocycles. The van der Waals surface area contributed by atoms with Crippen LogP contribution in [0.3, 0.4) is 0 Å². The lowest BCUT2D eigenvalue weighted by Crippen LogP contribution is -2.19. The average Bonchev–Trinajstić information content (AvgIpc) is 0.762. The first-order valence-electron chi connectivity index (χ1n) is 57.0. The van der Waals surface area contributed by atoms with Gasteiger partial charge in [0.1, 0.15) is 34.5 Å². The number of aryl methyl sites for hydroxylation is 6. The lowest BCUT2D eigenvalue weighted by Gasteiger charge is -2.33. The van der Waals surface area contributed by atoms with Crippen molar-refractivity contribution in [2.75, 3.05) is 19.8 Å². The van der Waals surface area contributed by atoms with Crippen molar-refractivity contribution in [1.82, 2.24) is 0 Å². The molecule has 6 rings (SSSR count). The summed E-state index contributed by atoms with van der Waals surface area (Å²) in [5, 5.41) is 0.